The monoisotopic (exact) mass is 264 g/mol. The van der Waals surface area contributed by atoms with Gasteiger partial charge < -0.3 is 14.6 Å². The number of carboxylic acid groups (broad SMARTS) is 1. The van der Waals surface area contributed by atoms with Crippen LogP contribution in [0.1, 0.15) is 37.7 Å². The number of carboxylic acids is 1. The number of hydrogen-bond acceptors (Lipinski definition) is 3. The van der Waals surface area contributed by atoms with Crippen molar-refractivity contribution in [2.45, 2.75) is 38.2 Å². The van der Waals surface area contributed by atoms with Gasteiger partial charge in [0.25, 0.3) is 0 Å². The molecular weight excluding hydrogens is 244 g/mol. The van der Waals surface area contributed by atoms with Gasteiger partial charge in [0.15, 0.2) is 0 Å². The number of ether oxygens (including phenoxy) is 2. The van der Waals surface area contributed by atoms with Gasteiger partial charge in [0, 0.05) is 13.2 Å². The van der Waals surface area contributed by atoms with E-state index < -0.39 is 5.97 Å². The van der Waals surface area contributed by atoms with Crippen LogP contribution in [0.4, 0.5) is 0 Å². The van der Waals surface area contributed by atoms with Gasteiger partial charge in [-0.3, -0.25) is 4.79 Å². The van der Waals surface area contributed by atoms with Crippen molar-refractivity contribution in [2.75, 3.05) is 13.2 Å². The van der Waals surface area contributed by atoms with Crippen molar-refractivity contribution in [3.8, 4) is 5.75 Å². The largest absolute Gasteiger partial charge is 0.490 e. The minimum absolute atomic E-state index is 0.0156. The fourth-order valence-corrected chi connectivity index (χ4v) is 2.37. The predicted molar refractivity (Wildman–Crippen MR) is 71.6 cm³/mol. The van der Waals surface area contributed by atoms with Crippen LogP contribution in [0.2, 0.25) is 0 Å². The van der Waals surface area contributed by atoms with Gasteiger partial charge in [0.05, 0.1) is 6.42 Å². The zero-order valence-electron chi connectivity index (χ0n) is 11.2. The van der Waals surface area contributed by atoms with Crippen molar-refractivity contribution < 1.29 is 19.4 Å². The summed E-state index contributed by atoms with van der Waals surface area (Å²) in [5, 5.41) is 8.68. The molecule has 1 aromatic carbocycles. The fourth-order valence-electron chi connectivity index (χ4n) is 2.37. The van der Waals surface area contributed by atoms with Crippen molar-refractivity contribution in [1.29, 1.82) is 0 Å². The first-order chi connectivity index (χ1) is 9.15. The summed E-state index contributed by atoms with van der Waals surface area (Å²) in [6.45, 7) is 3.43. The first-order valence-corrected chi connectivity index (χ1v) is 6.71. The zero-order chi connectivity index (χ0) is 13.7. The van der Waals surface area contributed by atoms with E-state index in [1.807, 2.05) is 12.1 Å². The molecule has 0 aliphatic carbocycles. The van der Waals surface area contributed by atoms with E-state index in [1.165, 1.54) is 5.56 Å². The summed E-state index contributed by atoms with van der Waals surface area (Å²) in [6, 6.07) is 7.98. The molecule has 1 atom stereocenters. The highest BCUT2D eigenvalue weighted by molar-refractivity contribution is 5.67. The fraction of sp³-hybridized carbons (Fsp3) is 0.533. The Morgan fingerprint density at radius 1 is 1.37 bits per heavy atom. The summed E-state index contributed by atoms with van der Waals surface area (Å²) in [5.41, 5.74) is 1.31. The van der Waals surface area contributed by atoms with Crippen LogP contribution in [0.5, 0.6) is 5.75 Å². The molecule has 0 radical (unpaired) electrons. The Morgan fingerprint density at radius 2 is 2.00 bits per heavy atom. The summed E-state index contributed by atoms with van der Waals surface area (Å²) >= 11 is 0. The molecule has 0 bridgehead atoms. The van der Waals surface area contributed by atoms with Crippen molar-refractivity contribution in [3.63, 3.8) is 0 Å². The second-order valence-electron chi connectivity index (χ2n) is 4.98. The lowest BCUT2D eigenvalue weighted by Gasteiger charge is -2.22. The predicted octanol–water partition coefficient (Wildman–Crippen LogP) is 2.82. The number of rotatable bonds is 5. The van der Waals surface area contributed by atoms with Gasteiger partial charge >= 0.3 is 5.97 Å². The minimum atomic E-state index is -0.841. The van der Waals surface area contributed by atoms with E-state index >= 15 is 0 Å². The standard InChI is InChI=1S/C15H20O4/c1-11(10-15(16)17)19-14-4-2-12(3-5-14)13-6-8-18-9-7-13/h2-5,11,13H,6-10H2,1H3,(H,16,17). The molecular formula is C15H20O4. The lowest BCUT2D eigenvalue weighted by Crippen LogP contribution is -2.17. The van der Waals surface area contributed by atoms with Crippen molar-refractivity contribution >= 4 is 5.97 Å². The third-order valence-corrected chi connectivity index (χ3v) is 3.37. The average molecular weight is 264 g/mol. The second kappa shape index (κ2) is 6.57. The highest BCUT2D eigenvalue weighted by Gasteiger charge is 2.16. The molecule has 2 rings (SSSR count). The van der Waals surface area contributed by atoms with E-state index in [0.717, 1.165) is 31.8 Å². The molecule has 1 fully saturated rings. The molecule has 0 amide bonds. The normalized spacial score (nSPS) is 17.9. The first kappa shape index (κ1) is 13.9. The Bertz CT molecular complexity index is 407. The Hall–Kier alpha value is -1.55. The Labute approximate surface area is 113 Å². The van der Waals surface area contributed by atoms with Crippen LogP contribution >= 0.6 is 0 Å². The van der Waals surface area contributed by atoms with Crippen LogP contribution in [0.25, 0.3) is 0 Å². The van der Waals surface area contributed by atoms with E-state index in [4.69, 9.17) is 14.6 Å². The maximum atomic E-state index is 10.6. The molecule has 1 N–H and O–H groups in total. The maximum absolute atomic E-state index is 10.6. The lowest BCUT2D eigenvalue weighted by molar-refractivity contribution is -0.138. The van der Waals surface area contributed by atoms with Gasteiger partial charge in [0.1, 0.15) is 11.9 Å². The minimum Gasteiger partial charge on any atom is -0.490 e. The Balaban J connectivity index is 1.92. The zero-order valence-corrected chi connectivity index (χ0v) is 11.2. The molecule has 1 aliphatic heterocycles. The van der Waals surface area contributed by atoms with Crippen LogP contribution in [0, 0.1) is 0 Å². The number of aliphatic carboxylic acids is 1. The molecule has 0 spiro atoms. The highest BCUT2D eigenvalue weighted by Crippen LogP contribution is 2.28. The summed E-state index contributed by atoms with van der Waals surface area (Å²) in [4.78, 5) is 10.6. The van der Waals surface area contributed by atoms with E-state index in [-0.39, 0.29) is 12.5 Å². The third-order valence-electron chi connectivity index (χ3n) is 3.37. The molecule has 4 nitrogen and oxygen atoms in total. The number of benzene rings is 1. The Kier molecular flexibility index (Phi) is 4.80. The van der Waals surface area contributed by atoms with E-state index in [2.05, 4.69) is 12.1 Å². The van der Waals surface area contributed by atoms with Gasteiger partial charge in [-0.05, 0) is 43.4 Å². The molecule has 1 saturated heterocycles. The molecule has 1 unspecified atom stereocenters. The summed E-state index contributed by atoms with van der Waals surface area (Å²) in [7, 11) is 0. The van der Waals surface area contributed by atoms with Crippen LogP contribution in [-0.4, -0.2) is 30.4 Å². The van der Waals surface area contributed by atoms with Crippen molar-refractivity contribution in [1.82, 2.24) is 0 Å². The Morgan fingerprint density at radius 3 is 2.58 bits per heavy atom. The lowest BCUT2D eigenvalue weighted by atomic mass is 9.92. The molecule has 1 heterocycles. The van der Waals surface area contributed by atoms with Crippen LogP contribution in [-0.2, 0) is 9.53 Å². The molecule has 1 aromatic rings. The number of hydrogen-bond donors (Lipinski definition) is 1. The molecule has 4 heteroatoms. The van der Waals surface area contributed by atoms with E-state index in [0.29, 0.717) is 5.92 Å². The summed E-state index contributed by atoms with van der Waals surface area (Å²) in [5.74, 6) is 0.454. The van der Waals surface area contributed by atoms with Crippen LogP contribution in [0.3, 0.4) is 0 Å². The maximum Gasteiger partial charge on any atom is 0.307 e. The van der Waals surface area contributed by atoms with Gasteiger partial charge in [-0.2, -0.15) is 0 Å². The van der Waals surface area contributed by atoms with Gasteiger partial charge in [-0.1, -0.05) is 12.1 Å². The van der Waals surface area contributed by atoms with E-state index in [1.54, 1.807) is 6.92 Å². The topological polar surface area (TPSA) is 55.8 Å². The third kappa shape index (κ3) is 4.24. The van der Waals surface area contributed by atoms with Crippen LogP contribution < -0.4 is 4.74 Å². The summed E-state index contributed by atoms with van der Waals surface area (Å²) in [6.07, 6.45) is 1.83. The van der Waals surface area contributed by atoms with Crippen LogP contribution in [0.15, 0.2) is 24.3 Å². The highest BCUT2D eigenvalue weighted by atomic mass is 16.5. The van der Waals surface area contributed by atoms with Gasteiger partial charge in [-0.15, -0.1) is 0 Å². The molecule has 19 heavy (non-hydrogen) atoms. The molecule has 104 valence electrons. The van der Waals surface area contributed by atoms with Gasteiger partial charge in [-0.25, -0.2) is 0 Å². The van der Waals surface area contributed by atoms with Gasteiger partial charge in [0.2, 0.25) is 0 Å². The van der Waals surface area contributed by atoms with Crippen molar-refractivity contribution in [2.24, 2.45) is 0 Å². The number of carbonyl (C=O) groups is 1. The van der Waals surface area contributed by atoms with E-state index in [9.17, 15) is 4.79 Å². The first-order valence-electron chi connectivity index (χ1n) is 6.71. The molecule has 1 aliphatic rings. The quantitative estimate of drug-likeness (QED) is 0.888. The molecule has 0 aromatic heterocycles. The average Bonchev–Trinajstić information content (AvgIpc) is 2.39. The smallest absolute Gasteiger partial charge is 0.307 e. The SMILES string of the molecule is CC(CC(=O)O)Oc1ccc(C2CCOCC2)cc1. The van der Waals surface area contributed by atoms with Crippen molar-refractivity contribution in [3.05, 3.63) is 29.8 Å². The molecule has 0 saturated carbocycles. The summed E-state index contributed by atoms with van der Waals surface area (Å²) < 4.78 is 10.9. The second-order valence-corrected chi connectivity index (χ2v) is 4.98.